The Morgan fingerprint density at radius 3 is 2.54 bits per heavy atom. The van der Waals surface area contributed by atoms with Crippen LogP contribution < -0.4 is 10.0 Å². The number of aliphatic hydroxyl groups excluding tert-OH is 2. The van der Waals surface area contributed by atoms with Crippen molar-refractivity contribution in [1.29, 1.82) is 0 Å². The monoisotopic (exact) mass is 568 g/mol. The average molecular weight is 569 g/mol. The first-order chi connectivity index (χ1) is 18.7. The van der Waals surface area contributed by atoms with Gasteiger partial charge in [0.05, 0.1) is 25.0 Å². The van der Waals surface area contributed by atoms with Crippen LogP contribution in [0, 0.1) is 0 Å². The smallest absolute Gasteiger partial charge is 0.409 e. The maximum Gasteiger partial charge on any atom is 0.409 e. The zero-order valence-corrected chi connectivity index (χ0v) is 23.1. The van der Waals surface area contributed by atoms with Crippen LogP contribution in [0.1, 0.15) is 61.8 Å². The Bertz CT molecular complexity index is 1110. The maximum absolute atomic E-state index is 11.8. The second-order valence-electron chi connectivity index (χ2n) is 8.91. The van der Waals surface area contributed by atoms with Crippen molar-refractivity contribution in [2.75, 3.05) is 37.6 Å². The van der Waals surface area contributed by atoms with Gasteiger partial charge in [0.1, 0.15) is 5.75 Å². The Kier molecular flexibility index (Phi) is 14.8. The van der Waals surface area contributed by atoms with Crippen molar-refractivity contribution in [3.05, 3.63) is 59.2 Å². The molecule has 5 N–H and O–H groups in total. The van der Waals surface area contributed by atoms with E-state index in [1.54, 1.807) is 30.3 Å². The molecule has 0 spiro atoms. The number of ether oxygens (including phenoxy) is 2. The Morgan fingerprint density at radius 2 is 1.77 bits per heavy atom. The minimum absolute atomic E-state index is 0.0154. The van der Waals surface area contributed by atoms with Crippen LogP contribution in [0.2, 0.25) is 0 Å². The predicted octanol–water partition coefficient (Wildman–Crippen LogP) is 2.91. The maximum atomic E-state index is 11.8. The number of hydrogen-bond donors (Lipinski definition) is 5. The van der Waals surface area contributed by atoms with E-state index in [4.69, 9.17) is 9.47 Å². The summed E-state index contributed by atoms with van der Waals surface area (Å²) < 4.78 is 41.5. The lowest BCUT2D eigenvalue weighted by Gasteiger charge is -2.14. The van der Waals surface area contributed by atoms with Gasteiger partial charge >= 0.3 is 16.3 Å². The number of nitrogens with one attached hydrogen (secondary N) is 2. The molecule has 0 radical (unpaired) electrons. The molecule has 0 bridgehead atoms. The molecule has 218 valence electrons. The Balaban J connectivity index is 1.47. The summed E-state index contributed by atoms with van der Waals surface area (Å²) in [6, 6.07) is 11.4. The molecule has 0 heterocycles. The van der Waals surface area contributed by atoms with E-state index >= 15 is 0 Å². The normalized spacial score (nSPS) is 12.3. The lowest BCUT2D eigenvalue weighted by Crippen LogP contribution is -2.22. The first-order valence-corrected chi connectivity index (χ1v) is 14.5. The zero-order chi connectivity index (χ0) is 28.5. The van der Waals surface area contributed by atoms with E-state index < -0.39 is 22.4 Å². The van der Waals surface area contributed by atoms with Crippen LogP contribution in [0.25, 0.3) is 0 Å². The molecule has 0 fully saturated rings. The van der Waals surface area contributed by atoms with Gasteiger partial charge in [-0.3, -0.25) is 9.52 Å². The second kappa shape index (κ2) is 17.8. The molecule has 0 saturated heterocycles. The summed E-state index contributed by atoms with van der Waals surface area (Å²) >= 11 is 0. The van der Waals surface area contributed by atoms with Crippen LogP contribution in [-0.4, -0.2) is 62.6 Å². The Morgan fingerprint density at radius 1 is 1.00 bits per heavy atom. The number of carbonyl (C=O) groups excluding carboxylic acids is 1. The molecule has 0 unspecified atom stereocenters. The fourth-order valence-corrected chi connectivity index (χ4v) is 4.37. The van der Waals surface area contributed by atoms with Crippen molar-refractivity contribution >= 4 is 22.0 Å². The fourth-order valence-electron chi connectivity index (χ4n) is 3.55. The quantitative estimate of drug-likeness (QED) is 0.150. The standard InChI is InChI=1S/C27H40N2O9S/c1-2-27(33)38-39(34,35)29-24-9-6-8-21(16-24)20-37-15-7-14-36-13-5-3-4-12-28-18-26(32)22-10-11-25(31)23(17-22)19-30/h6,8-11,16-17,26,28-32H,2-5,7,12-15,18-20H2,1H3/t26-/m0/s1. The Hall–Kier alpha value is -2.74. The van der Waals surface area contributed by atoms with E-state index in [-0.39, 0.29) is 24.5 Å². The highest BCUT2D eigenvalue weighted by atomic mass is 32.2. The average Bonchev–Trinajstić information content (AvgIpc) is 2.91. The van der Waals surface area contributed by atoms with Crippen molar-refractivity contribution in [3.8, 4) is 5.75 Å². The molecule has 12 heteroatoms. The number of aromatic hydroxyl groups is 1. The summed E-state index contributed by atoms with van der Waals surface area (Å²) in [6.07, 6.45) is 2.85. The highest BCUT2D eigenvalue weighted by Gasteiger charge is 2.16. The molecular formula is C27H40N2O9S. The van der Waals surface area contributed by atoms with Crippen LogP contribution >= 0.6 is 0 Å². The van der Waals surface area contributed by atoms with Gasteiger partial charge < -0.3 is 34.3 Å². The van der Waals surface area contributed by atoms with Gasteiger partial charge in [-0.2, -0.15) is 8.42 Å². The summed E-state index contributed by atoms with van der Waals surface area (Å²) in [5, 5.41) is 32.3. The van der Waals surface area contributed by atoms with Gasteiger partial charge in [-0.1, -0.05) is 25.1 Å². The first kappa shape index (κ1) is 32.5. The third-order valence-electron chi connectivity index (χ3n) is 5.65. The van der Waals surface area contributed by atoms with E-state index in [0.29, 0.717) is 44.1 Å². The van der Waals surface area contributed by atoms with Crippen LogP contribution in [0.15, 0.2) is 42.5 Å². The highest BCUT2D eigenvalue weighted by molar-refractivity contribution is 7.88. The fraction of sp³-hybridized carbons (Fsp3) is 0.519. The molecule has 2 aromatic carbocycles. The molecule has 39 heavy (non-hydrogen) atoms. The molecule has 2 aromatic rings. The van der Waals surface area contributed by atoms with Crippen molar-refractivity contribution < 1.29 is 42.2 Å². The number of anilines is 1. The lowest BCUT2D eigenvalue weighted by atomic mass is 10.1. The van der Waals surface area contributed by atoms with Gasteiger partial charge in [0.2, 0.25) is 0 Å². The molecule has 2 rings (SSSR count). The zero-order valence-electron chi connectivity index (χ0n) is 22.3. The topological polar surface area (TPSA) is 164 Å². The third-order valence-corrected chi connectivity index (χ3v) is 6.54. The number of benzene rings is 2. The molecule has 1 atom stereocenters. The van der Waals surface area contributed by atoms with Gasteiger partial charge in [0, 0.05) is 38.3 Å². The Labute approximate surface area is 230 Å². The highest BCUT2D eigenvalue weighted by Crippen LogP contribution is 2.22. The number of hydrogen-bond acceptors (Lipinski definition) is 10. The summed E-state index contributed by atoms with van der Waals surface area (Å²) in [4.78, 5) is 11.2. The number of aliphatic hydroxyl groups is 2. The SMILES string of the molecule is CCC(=O)OS(=O)(=O)Nc1cccc(COCCCOCCCCCNC[C@H](O)c2ccc(O)c(CO)c2)c1. The van der Waals surface area contributed by atoms with Crippen molar-refractivity contribution in [1.82, 2.24) is 5.32 Å². The first-order valence-electron chi connectivity index (χ1n) is 13.0. The summed E-state index contributed by atoms with van der Waals surface area (Å²) in [5.74, 6) is -0.819. The van der Waals surface area contributed by atoms with Crippen molar-refractivity contribution in [3.63, 3.8) is 0 Å². The third kappa shape index (κ3) is 13.2. The molecule has 0 amide bonds. The van der Waals surface area contributed by atoms with Crippen LogP contribution in [0.5, 0.6) is 5.75 Å². The second-order valence-corrected chi connectivity index (χ2v) is 10.2. The molecule has 0 aliphatic rings. The minimum Gasteiger partial charge on any atom is -0.508 e. The molecular weight excluding hydrogens is 528 g/mol. The van der Waals surface area contributed by atoms with Crippen molar-refractivity contribution in [2.24, 2.45) is 0 Å². The predicted molar refractivity (Wildman–Crippen MR) is 146 cm³/mol. The van der Waals surface area contributed by atoms with Gasteiger partial charge in [-0.25, -0.2) is 0 Å². The number of phenols is 1. The molecule has 0 saturated carbocycles. The van der Waals surface area contributed by atoms with Crippen molar-refractivity contribution in [2.45, 2.75) is 58.3 Å². The summed E-state index contributed by atoms with van der Waals surface area (Å²) in [6.45, 7) is 4.42. The van der Waals surface area contributed by atoms with E-state index in [0.717, 1.165) is 37.8 Å². The lowest BCUT2D eigenvalue weighted by molar-refractivity contribution is -0.133. The number of unbranched alkanes of at least 4 members (excludes halogenated alkanes) is 2. The van der Waals surface area contributed by atoms with E-state index in [1.807, 2.05) is 6.07 Å². The minimum atomic E-state index is -4.21. The van der Waals surface area contributed by atoms with Gasteiger partial charge in [-0.15, -0.1) is 0 Å². The van der Waals surface area contributed by atoms with Gasteiger partial charge in [0.25, 0.3) is 0 Å². The van der Waals surface area contributed by atoms with E-state index in [1.165, 1.54) is 13.0 Å². The molecule has 11 nitrogen and oxygen atoms in total. The van der Waals surface area contributed by atoms with Crippen LogP contribution in [0.4, 0.5) is 5.69 Å². The molecule has 0 aromatic heterocycles. The number of carbonyl (C=O) groups is 1. The largest absolute Gasteiger partial charge is 0.508 e. The van der Waals surface area contributed by atoms with Crippen LogP contribution in [-0.2, 0) is 42.0 Å². The summed E-state index contributed by atoms with van der Waals surface area (Å²) in [7, 11) is -4.21. The summed E-state index contributed by atoms with van der Waals surface area (Å²) in [5.41, 5.74) is 2.10. The van der Waals surface area contributed by atoms with Gasteiger partial charge in [-0.05, 0) is 67.6 Å². The molecule has 0 aliphatic heterocycles. The van der Waals surface area contributed by atoms with Crippen LogP contribution in [0.3, 0.4) is 0 Å². The van der Waals surface area contributed by atoms with Gasteiger partial charge in [0.15, 0.2) is 0 Å². The van der Waals surface area contributed by atoms with E-state index in [2.05, 4.69) is 14.2 Å². The van der Waals surface area contributed by atoms with E-state index in [9.17, 15) is 28.5 Å². The number of rotatable bonds is 20. The molecule has 0 aliphatic carbocycles.